The van der Waals surface area contributed by atoms with Gasteiger partial charge in [0.05, 0.1) is 6.61 Å². The Hall–Kier alpha value is -0.995. The van der Waals surface area contributed by atoms with Gasteiger partial charge in [-0.05, 0) is 24.0 Å². The molecule has 0 amide bonds. The van der Waals surface area contributed by atoms with E-state index in [0.717, 1.165) is 6.42 Å². The lowest BCUT2D eigenvalue weighted by atomic mass is 9.80. The van der Waals surface area contributed by atoms with Crippen molar-refractivity contribution in [2.75, 3.05) is 6.61 Å². The van der Waals surface area contributed by atoms with E-state index in [1.54, 1.807) is 18.2 Å². The van der Waals surface area contributed by atoms with E-state index in [4.69, 9.17) is 14.8 Å². The van der Waals surface area contributed by atoms with Gasteiger partial charge < -0.3 is 14.8 Å². The SMILES string of the molecule is CCCCCCCCCCCCCCCCOc1cccc(B(O)O)c1. The van der Waals surface area contributed by atoms with Crippen LogP contribution >= 0.6 is 0 Å². The minimum Gasteiger partial charge on any atom is -0.494 e. The van der Waals surface area contributed by atoms with E-state index in [2.05, 4.69) is 6.92 Å². The average Bonchev–Trinajstić information content (AvgIpc) is 2.65. The van der Waals surface area contributed by atoms with Crippen molar-refractivity contribution in [1.29, 1.82) is 0 Å². The number of hydrogen-bond acceptors (Lipinski definition) is 3. The van der Waals surface area contributed by atoms with Crippen LogP contribution in [0.25, 0.3) is 0 Å². The molecule has 0 atom stereocenters. The summed E-state index contributed by atoms with van der Waals surface area (Å²) < 4.78 is 5.68. The Morgan fingerprint density at radius 1 is 0.731 bits per heavy atom. The third kappa shape index (κ3) is 12.4. The summed E-state index contributed by atoms with van der Waals surface area (Å²) in [5.74, 6) is 0.713. The normalized spacial score (nSPS) is 10.9. The number of unbranched alkanes of at least 4 members (excludes halogenated alkanes) is 13. The highest BCUT2D eigenvalue weighted by molar-refractivity contribution is 6.58. The van der Waals surface area contributed by atoms with E-state index in [9.17, 15) is 0 Å². The van der Waals surface area contributed by atoms with Crippen molar-refractivity contribution in [2.24, 2.45) is 0 Å². The lowest BCUT2D eigenvalue weighted by Gasteiger charge is -2.08. The molecule has 0 bridgehead atoms. The summed E-state index contributed by atoms with van der Waals surface area (Å²) in [4.78, 5) is 0. The molecule has 0 aromatic heterocycles. The summed E-state index contributed by atoms with van der Waals surface area (Å²) in [5, 5.41) is 18.3. The molecular weight excluding hydrogens is 323 g/mol. The van der Waals surface area contributed by atoms with Crippen molar-refractivity contribution >= 4 is 12.6 Å². The highest BCUT2D eigenvalue weighted by Gasteiger charge is 2.10. The summed E-state index contributed by atoms with van der Waals surface area (Å²) in [6, 6.07) is 7.02. The molecule has 0 radical (unpaired) electrons. The van der Waals surface area contributed by atoms with Crippen LogP contribution in [0.15, 0.2) is 24.3 Å². The highest BCUT2D eigenvalue weighted by Crippen LogP contribution is 2.13. The quantitative estimate of drug-likeness (QED) is 0.295. The first-order chi connectivity index (χ1) is 12.7. The predicted octanol–water partition coefficient (Wildman–Crippen LogP) is 5.23. The van der Waals surface area contributed by atoms with Crippen LogP contribution in [0.5, 0.6) is 5.75 Å². The van der Waals surface area contributed by atoms with Crippen LogP contribution in [0, 0.1) is 0 Å². The van der Waals surface area contributed by atoms with Gasteiger partial charge in [0, 0.05) is 0 Å². The van der Waals surface area contributed by atoms with Gasteiger partial charge in [-0.15, -0.1) is 0 Å². The number of rotatable bonds is 17. The van der Waals surface area contributed by atoms with Crippen molar-refractivity contribution in [3.05, 3.63) is 24.3 Å². The molecular formula is C22H39BO3. The molecule has 1 aromatic rings. The summed E-state index contributed by atoms with van der Waals surface area (Å²) >= 11 is 0. The molecule has 0 aliphatic heterocycles. The third-order valence-electron chi connectivity index (χ3n) is 4.92. The van der Waals surface area contributed by atoms with Crippen molar-refractivity contribution < 1.29 is 14.8 Å². The van der Waals surface area contributed by atoms with Crippen LogP contribution in [0.4, 0.5) is 0 Å². The molecule has 148 valence electrons. The second-order valence-corrected chi connectivity index (χ2v) is 7.39. The highest BCUT2D eigenvalue weighted by atomic mass is 16.5. The maximum atomic E-state index is 9.15. The third-order valence-corrected chi connectivity index (χ3v) is 4.92. The van der Waals surface area contributed by atoms with Crippen LogP contribution in [-0.2, 0) is 0 Å². The van der Waals surface area contributed by atoms with Crippen molar-refractivity contribution in [1.82, 2.24) is 0 Å². The molecule has 0 heterocycles. The molecule has 0 unspecified atom stereocenters. The van der Waals surface area contributed by atoms with Gasteiger partial charge >= 0.3 is 7.12 Å². The molecule has 0 saturated heterocycles. The zero-order valence-electron chi connectivity index (χ0n) is 16.8. The first kappa shape index (κ1) is 23.0. The maximum absolute atomic E-state index is 9.15. The largest absolute Gasteiger partial charge is 0.494 e. The number of ether oxygens (including phenoxy) is 1. The van der Waals surface area contributed by atoms with Gasteiger partial charge in [-0.1, -0.05) is 103 Å². The molecule has 26 heavy (non-hydrogen) atoms. The Kier molecular flexibility index (Phi) is 14.4. The Balaban J connectivity index is 1.84. The van der Waals surface area contributed by atoms with Crippen LogP contribution in [-0.4, -0.2) is 23.8 Å². The van der Waals surface area contributed by atoms with Crippen LogP contribution in [0.1, 0.15) is 96.8 Å². The summed E-state index contributed by atoms with van der Waals surface area (Å²) in [6.45, 7) is 2.97. The maximum Gasteiger partial charge on any atom is 0.488 e. The van der Waals surface area contributed by atoms with Crippen LogP contribution in [0.3, 0.4) is 0 Å². The second-order valence-electron chi connectivity index (χ2n) is 7.39. The standard InChI is InChI=1S/C22H39BO3/c1-2-3-4-5-6-7-8-9-10-11-12-13-14-15-19-26-22-18-16-17-21(20-22)23(24)25/h16-18,20,24-25H,2-15,19H2,1H3. The van der Waals surface area contributed by atoms with Crippen molar-refractivity contribution in [3.8, 4) is 5.75 Å². The van der Waals surface area contributed by atoms with Crippen LogP contribution in [0.2, 0.25) is 0 Å². The van der Waals surface area contributed by atoms with Gasteiger partial charge in [-0.3, -0.25) is 0 Å². The number of hydrogen-bond donors (Lipinski definition) is 2. The van der Waals surface area contributed by atoms with Crippen LogP contribution < -0.4 is 10.2 Å². The first-order valence-corrected chi connectivity index (χ1v) is 10.8. The molecule has 2 N–H and O–H groups in total. The van der Waals surface area contributed by atoms with Gasteiger partial charge in [-0.25, -0.2) is 0 Å². The van der Waals surface area contributed by atoms with E-state index >= 15 is 0 Å². The monoisotopic (exact) mass is 362 g/mol. The molecule has 0 spiro atoms. The Labute approximate surface area is 161 Å². The second kappa shape index (κ2) is 16.2. The Bertz CT molecular complexity index is 437. The van der Waals surface area contributed by atoms with E-state index < -0.39 is 7.12 Å². The summed E-state index contributed by atoms with van der Waals surface area (Å²) in [5.41, 5.74) is 0.475. The Morgan fingerprint density at radius 2 is 1.23 bits per heavy atom. The van der Waals surface area contributed by atoms with E-state index in [-0.39, 0.29) is 0 Å². The van der Waals surface area contributed by atoms with Gasteiger partial charge in [0.15, 0.2) is 0 Å². The minimum absolute atomic E-state index is 0.475. The predicted molar refractivity (Wildman–Crippen MR) is 112 cm³/mol. The fraction of sp³-hybridized carbons (Fsp3) is 0.727. The van der Waals surface area contributed by atoms with Crippen molar-refractivity contribution in [3.63, 3.8) is 0 Å². The Morgan fingerprint density at radius 3 is 1.73 bits per heavy atom. The lowest BCUT2D eigenvalue weighted by Crippen LogP contribution is -2.29. The molecule has 0 fully saturated rings. The molecule has 0 saturated carbocycles. The lowest BCUT2D eigenvalue weighted by molar-refractivity contribution is 0.304. The average molecular weight is 362 g/mol. The fourth-order valence-corrected chi connectivity index (χ4v) is 3.25. The smallest absolute Gasteiger partial charge is 0.488 e. The molecule has 1 rings (SSSR count). The van der Waals surface area contributed by atoms with Gasteiger partial charge in [0.1, 0.15) is 5.75 Å². The zero-order valence-corrected chi connectivity index (χ0v) is 16.8. The van der Waals surface area contributed by atoms with Gasteiger partial charge in [0.25, 0.3) is 0 Å². The molecule has 4 heteroatoms. The molecule has 3 nitrogen and oxygen atoms in total. The summed E-state index contributed by atoms with van der Waals surface area (Å²) in [7, 11) is -1.43. The molecule has 1 aromatic carbocycles. The van der Waals surface area contributed by atoms with Gasteiger partial charge in [0.2, 0.25) is 0 Å². The molecule has 0 aliphatic rings. The minimum atomic E-state index is -1.43. The van der Waals surface area contributed by atoms with Crippen molar-refractivity contribution in [2.45, 2.75) is 96.8 Å². The number of benzene rings is 1. The first-order valence-electron chi connectivity index (χ1n) is 10.8. The van der Waals surface area contributed by atoms with E-state index in [0.29, 0.717) is 17.8 Å². The topological polar surface area (TPSA) is 49.7 Å². The van der Waals surface area contributed by atoms with E-state index in [1.807, 2.05) is 6.07 Å². The molecule has 0 aliphatic carbocycles. The van der Waals surface area contributed by atoms with E-state index in [1.165, 1.54) is 83.5 Å². The fourth-order valence-electron chi connectivity index (χ4n) is 3.25. The zero-order chi connectivity index (χ0) is 18.9. The van der Waals surface area contributed by atoms with Gasteiger partial charge in [-0.2, -0.15) is 0 Å². The summed E-state index contributed by atoms with van der Waals surface area (Å²) in [6.07, 6.45) is 18.9.